The van der Waals surface area contributed by atoms with Crippen LogP contribution in [0.5, 0.6) is 0 Å². The predicted octanol–water partition coefficient (Wildman–Crippen LogP) is 2.97. The molecule has 8 heteroatoms. The van der Waals surface area contributed by atoms with Crippen molar-refractivity contribution in [1.82, 2.24) is 25.9 Å². The topological polar surface area (TPSA) is 92.2 Å². The van der Waals surface area contributed by atoms with Gasteiger partial charge in [0.05, 0.1) is 31.5 Å². The maximum atomic E-state index is 11.9. The molecule has 3 aromatic rings. The van der Waals surface area contributed by atoms with E-state index in [1.807, 2.05) is 61.6 Å². The Morgan fingerprint density at radius 2 is 2.12 bits per heavy atom. The SMILES string of the molecule is CNN/C=C1\NCCC(Nc2ccccc2CC(=O)OC)c2cc(-c3cnn(C)c3)ccc21. The van der Waals surface area contributed by atoms with Crippen molar-refractivity contribution in [1.29, 1.82) is 0 Å². The summed E-state index contributed by atoms with van der Waals surface area (Å²) in [6, 6.07) is 14.4. The largest absolute Gasteiger partial charge is 0.469 e. The van der Waals surface area contributed by atoms with Gasteiger partial charge < -0.3 is 20.8 Å². The van der Waals surface area contributed by atoms with Crippen molar-refractivity contribution in [2.45, 2.75) is 18.9 Å². The number of rotatable bonds is 7. The van der Waals surface area contributed by atoms with Gasteiger partial charge in [-0.05, 0) is 35.2 Å². The Balaban J connectivity index is 1.74. The van der Waals surface area contributed by atoms with Gasteiger partial charge in [-0.15, -0.1) is 0 Å². The number of benzene rings is 2. The van der Waals surface area contributed by atoms with Gasteiger partial charge in [0, 0.05) is 49.9 Å². The van der Waals surface area contributed by atoms with Crippen molar-refractivity contribution in [2.24, 2.45) is 7.05 Å². The lowest BCUT2D eigenvalue weighted by molar-refractivity contribution is -0.139. The molecule has 2 aromatic carbocycles. The molecule has 0 saturated heterocycles. The molecule has 2 heterocycles. The zero-order chi connectivity index (χ0) is 23.2. The summed E-state index contributed by atoms with van der Waals surface area (Å²) in [4.78, 5) is 11.9. The molecule has 0 spiro atoms. The van der Waals surface area contributed by atoms with Crippen molar-refractivity contribution in [2.75, 3.05) is 26.0 Å². The number of para-hydroxylation sites is 1. The molecule has 1 aliphatic rings. The summed E-state index contributed by atoms with van der Waals surface area (Å²) >= 11 is 0. The summed E-state index contributed by atoms with van der Waals surface area (Å²) in [6.45, 7) is 0.797. The third-order valence-electron chi connectivity index (χ3n) is 5.77. The molecule has 8 nitrogen and oxygen atoms in total. The van der Waals surface area contributed by atoms with Crippen molar-refractivity contribution >= 4 is 17.4 Å². The molecule has 1 atom stereocenters. The van der Waals surface area contributed by atoms with Gasteiger partial charge in [-0.1, -0.05) is 30.3 Å². The van der Waals surface area contributed by atoms with Gasteiger partial charge in [0.15, 0.2) is 0 Å². The van der Waals surface area contributed by atoms with Gasteiger partial charge in [-0.3, -0.25) is 9.48 Å². The van der Waals surface area contributed by atoms with E-state index in [0.717, 1.165) is 46.6 Å². The summed E-state index contributed by atoms with van der Waals surface area (Å²) in [5, 5.41) is 11.6. The number of hydrogen-bond acceptors (Lipinski definition) is 7. The minimum Gasteiger partial charge on any atom is -0.469 e. The zero-order valence-electron chi connectivity index (χ0n) is 19.2. The van der Waals surface area contributed by atoms with Crippen LogP contribution in [0, 0.1) is 0 Å². The van der Waals surface area contributed by atoms with Gasteiger partial charge in [-0.25, -0.2) is 5.43 Å². The minimum absolute atomic E-state index is 0.0448. The van der Waals surface area contributed by atoms with Crippen LogP contribution in [0.4, 0.5) is 5.69 Å². The number of hydrogen-bond donors (Lipinski definition) is 4. The molecule has 1 aromatic heterocycles. The van der Waals surface area contributed by atoms with Crippen LogP contribution in [0.1, 0.15) is 29.2 Å². The molecule has 0 saturated carbocycles. The quantitative estimate of drug-likeness (QED) is 0.328. The predicted molar refractivity (Wildman–Crippen MR) is 130 cm³/mol. The van der Waals surface area contributed by atoms with E-state index in [1.54, 1.807) is 0 Å². The molecule has 0 aliphatic carbocycles. The van der Waals surface area contributed by atoms with Gasteiger partial charge >= 0.3 is 5.97 Å². The van der Waals surface area contributed by atoms with Crippen LogP contribution in [-0.4, -0.2) is 36.5 Å². The first-order valence-electron chi connectivity index (χ1n) is 11.0. The first-order valence-corrected chi connectivity index (χ1v) is 11.0. The van der Waals surface area contributed by atoms with E-state index in [-0.39, 0.29) is 18.4 Å². The van der Waals surface area contributed by atoms with Crippen LogP contribution in [0.15, 0.2) is 61.1 Å². The minimum atomic E-state index is -0.255. The fourth-order valence-electron chi connectivity index (χ4n) is 4.10. The number of anilines is 1. The zero-order valence-corrected chi connectivity index (χ0v) is 19.2. The highest BCUT2D eigenvalue weighted by Crippen LogP contribution is 2.35. The van der Waals surface area contributed by atoms with Crippen molar-refractivity contribution < 1.29 is 9.53 Å². The Labute approximate surface area is 194 Å². The second-order valence-corrected chi connectivity index (χ2v) is 7.98. The second-order valence-electron chi connectivity index (χ2n) is 7.98. The molecule has 4 rings (SSSR count). The Kier molecular flexibility index (Phi) is 6.95. The molecular weight excluding hydrogens is 416 g/mol. The summed E-state index contributed by atoms with van der Waals surface area (Å²) in [7, 11) is 5.17. The third-order valence-corrected chi connectivity index (χ3v) is 5.77. The van der Waals surface area contributed by atoms with Crippen LogP contribution >= 0.6 is 0 Å². The van der Waals surface area contributed by atoms with Crippen LogP contribution < -0.4 is 21.5 Å². The number of aromatic nitrogens is 2. The fraction of sp³-hybridized carbons (Fsp3) is 0.280. The van der Waals surface area contributed by atoms with E-state index >= 15 is 0 Å². The number of hydrazine groups is 1. The van der Waals surface area contributed by atoms with E-state index in [4.69, 9.17) is 4.74 Å². The lowest BCUT2D eigenvalue weighted by Gasteiger charge is -2.23. The van der Waals surface area contributed by atoms with Crippen LogP contribution in [0.25, 0.3) is 16.8 Å². The number of aryl methyl sites for hydroxylation is 1. The van der Waals surface area contributed by atoms with Crippen LogP contribution in [-0.2, 0) is 23.0 Å². The summed E-state index contributed by atoms with van der Waals surface area (Å²) in [6.07, 6.45) is 6.93. The normalized spacial score (nSPS) is 16.5. The number of methoxy groups -OCH3 is 1. The van der Waals surface area contributed by atoms with Gasteiger partial charge in [0.2, 0.25) is 0 Å². The Morgan fingerprint density at radius 1 is 1.27 bits per heavy atom. The average Bonchev–Trinajstić information content (AvgIpc) is 3.19. The lowest BCUT2D eigenvalue weighted by atomic mass is 9.93. The number of nitrogens with one attached hydrogen (secondary N) is 4. The van der Waals surface area contributed by atoms with E-state index in [0.29, 0.717) is 0 Å². The second kappa shape index (κ2) is 10.2. The standard InChI is InChI=1S/C25H30N6O2/c1-26-28-15-24-20-9-8-17(19-14-29-31(2)16-19)12-21(20)23(10-11-27-24)30-22-7-5-4-6-18(22)13-25(32)33-3/h4-9,12,14-16,23,26-28,30H,10-11,13H2,1-3H3/b24-15-. The van der Waals surface area contributed by atoms with Gasteiger partial charge in [0.1, 0.15) is 0 Å². The Bertz CT molecular complexity index is 1150. The smallest absolute Gasteiger partial charge is 0.310 e. The lowest BCUT2D eigenvalue weighted by Crippen LogP contribution is -2.24. The highest BCUT2D eigenvalue weighted by Gasteiger charge is 2.23. The molecule has 1 unspecified atom stereocenters. The van der Waals surface area contributed by atoms with Crippen molar-refractivity contribution in [3.63, 3.8) is 0 Å². The van der Waals surface area contributed by atoms with Crippen LogP contribution in [0.3, 0.4) is 0 Å². The molecule has 0 amide bonds. The highest BCUT2D eigenvalue weighted by molar-refractivity contribution is 5.76. The number of carbonyl (C=O) groups is 1. The monoisotopic (exact) mass is 446 g/mol. The number of fused-ring (bicyclic) bond motifs is 1. The molecule has 172 valence electrons. The molecule has 33 heavy (non-hydrogen) atoms. The Hall–Kier alpha value is -3.78. The summed E-state index contributed by atoms with van der Waals surface area (Å²) in [5.41, 5.74) is 13.4. The first kappa shape index (κ1) is 22.4. The molecule has 0 radical (unpaired) electrons. The van der Waals surface area contributed by atoms with E-state index in [1.165, 1.54) is 12.7 Å². The molecule has 1 aliphatic heterocycles. The Morgan fingerprint density at radius 3 is 2.88 bits per heavy atom. The summed E-state index contributed by atoms with van der Waals surface area (Å²) in [5.74, 6) is -0.255. The van der Waals surface area contributed by atoms with E-state index in [2.05, 4.69) is 44.8 Å². The van der Waals surface area contributed by atoms with Crippen molar-refractivity contribution in [3.05, 3.63) is 77.7 Å². The number of ether oxygens (including phenoxy) is 1. The first-order chi connectivity index (χ1) is 16.1. The number of nitrogens with zero attached hydrogens (tertiary/aromatic N) is 2. The number of esters is 1. The van der Waals surface area contributed by atoms with Crippen LogP contribution in [0.2, 0.25) is 0 Å². The molecular formula is C25H30N6O2. The molecule has 0 fully saturated rings. The fourth-order valence-corrected chi connectivity index (χ4v) is 4.10. The van der Waals surface area contributed by atoms with E-state index < -0.39 is 0 Å². The highest BCUT2D eigenvalue weighted by atomic mass is 16.5. The number of carbonyl (C=O) groups excluding carboxylic acids is 1. The third kappa shape index (κ3) is 5.18. The van der Waals surface area contributed by atoms with Crippen molar-refractivity contribution in [3.8, 4) is 11.1 Å². The van der Waals surface area contributed by atoms with Gasteiger partial charge in [-0.2, -0.15) is 5.10 Å². The van der Waals surface area contributed by atoms with Gasteiger partial charge in [0.25, 0.3) is 0 Å². The molecule has 0 bridgehead atoms. The maximum Gasteiger partial charge on any atom is 0.310 e. The molecule has 4 N–H and O–H groups in total. The maximum absolute atomic E-state index is 11.9. The summed E-state index contributed by atoms with van der Waals surface area (Å²) < 4.78 is 6.70. The average molecular weight is 447 g/mol. The van der Waals surface area contributed by atoms with E-state index in [9.17, 15) is 4.79 Å².